The standard InChI is InChI=1S/C14H20BrN5OSi/c1-14(2,22(3,4)21)6-5-9-10(7-16)20-12(11(9)15)13(17)18-8-19-20/h8,21H,5-6H2,1-4H3,(H2,17,18,19). The first-order chi connectivity index (χ1) is 10.1. The molecule has 0 bridgehead atoms. The smallest absolute Gasteiger partial charge is 0.188 e. The van der Waals surface area contributed by atoms with Crippen LogP contribution in [0.4, 0.5) is 5.82 Å². The third-order valence-corrected chi connectivity index (χ3v) is 8.97. The molecule has 0 amide bonds. The zero-order chi connectivity index (χ0) is 16.7. The summed E-state index contributed by atoms with van der Waals surface area (Å²) in [4.78, 5) is 14.4. The summed E-state index contributed by atoms with van der Waals surface area (Å²) in [7, 11) is -2.29. The Morgan fingerprint density at radius 1 is 1.50 bits per heavy atom. The molecule has 0 radical (unpaired) electrons. The van der Waals surface area contributed by atoms with Crippen molar-refractivity contribution < 1.29 is 4.80 Å². The third kappa shape index (κ3) is 2.76. The van der Waals surface area contributed by atoms with E-state index in [1.54, 1.807) is 0 Å². The van der Waals surface area contributed by atoms with Crippen molar-refractivity contribution >= 4 is 35.6 Å². The van der Waals surface area contributed by atoms with Crippen molar-refractivity contribution in [1.29, 1.82) is 5.26 Å². The van der Waals surface area contributed by atoms with Crippen LogP contribution in [0.25, 0.3) is 5.52 Å². The van der Waals surface area contributed by atoms with Crippen molar-refractivity contribution in [3.05, 3.63) is 22.1 Å². The average Bonchev–Trinajstić information content (AvgIpc) is 2.68. The van der Waals surface area contributed by atoms with Crippen LogP contribution in [0.15, 0.2) is 10.8 Å². The zero-order valence-electron chi connectivity index (χ0n) is 13.2. The molecule has 2 heterocycles. The van der Waals surface area contributed by atoms with E-state index in [2.05, 4.69) is 45.9 Å². The van der Waals surface area contributed by atoms with Crippen molar-refractivity contribution in [2.75, 3.05) is 5.73 Å². The normalized spacial score (nSPS) is 12.6. The van der Waals surface area contributed by atoms with Gasteiger partial charge in [0.25, 0.3) is 0 Å². The SMILES string of the molecule is CC(C)(CCc1c(Br)c2c(N)ncnn2c1C#N)[Si](C)(C)O. The van der Waals surface area contributed by atoms with E-state index in [1.807, 2.05) is 13.1 Å². The van der Waals surface area contributed by atoms with Gasteiger partial charge >= 0.3 is 0 Å². The van der Waals surface area contributed by atoms with Crippen LogP contribution < -0.4 is 5.73 Å². The highest BCUT2D eigenvalue weighted by atomic mass is 79.9. The summed E-state index contributed by atoms with van der Waals surface area (Å²) in [5.41, 5.74) is 7.84. The maximum atomic E-state index is 10.4. The highest BCUT2D eigenvalue weighted by molar-refractivity contribution is 9.10. The molecule has 0 saturated carbocycles. The van der Waals surface area contributed by atoms with Crippen molar-refractivity contribution in [3.63, 3.8) is 0 Å². The molecule has 0 aliphatic heterocycles. The van der Waals surface area contributed by atoms with Crippen LogP contribution in [0.5, 0.6) is 0 Å². The molecule has 0 saturated heterocycles. The molecule has 6 nitrogen and oxygen atoms in total. The Kier molecular flexibility index (Phi) is 4.34. The van der Waals surface area contributed by atoms with Crippen molar-refractivity contribution in [2.24, 2.45) is 0 Å². The molecule has 2 aromatic heterocycles. The Morgan fingerprint density at radius 2 is 2.14 bits per heavy atom. The van der Waals surface area contributed by atoms with E-state index in [4.69, 9.17) is 5.73 Å². The summed E-state index contributed by atoms with van der Waals surface area (Å²) in [6.45, 7) is 8.02. The predicted molar refractivity (Wildman–Crippen MR) is 91.9 cm³/mol. The molecular formula is C14H20BrN5OSi. The highest BCUT2D eigenvalue weighted by Gasteiger charge is 2.38. The summed E-state index contributed by atoms with van der Waals surface area (Å²) in [5.74, 6) is 0.334. The fourth-order valence-corrected chi connectivity index (χ4v) is 3.70. The fraction of sp³-hybridized carbons (Fsp3) is 0.500. The van der Waals surface area contributed by atoms with E-state index < -0.39 is 8.32 Å². The zero-order valence-corrected chi connectivity index (χ0v) is 15.8. The number of nitrogen functional groups attached to an aromatic ring is 1. The molecule has 0 spiro atoms. The van der Waals surface area contributed by atoms with Gasteiger partial charge in [0.15, 0.2) is 14.1 Å². The first kappa shape index (κ1) is 16.9. The van der Waals surface area contributed by atoms with Gasteiger partial charge < -0.3 is 10.5 Å². The van der Waals surface area contributed by atoms with E-state index in [-0.39, 0.29) is 5.04 Å². The minimum absolute atomic E-state index is 0.162. The molecular weight excluding hydrogens is 362 g/mol. The summed E-state index contributed by atoms with van der Waals surface area (Å²) < 4.78 is 2.28. The summed E-state index contributed by atoms with van der Waals surface area (Å²) in [5, 5.41) is 13.4. The first-order valence-electron chi connectivity index (χ1n) is 7.02. The Morgan fingerprint density at radius 3 is 2.68 bits per heavy atom. The lowest BCUT2D eigenvalue weighted by Crippen LogP contribution is -2.39. The van der Waals surface area contributed by atoms with E-state index in [1.165, 1.54) is 10.8 Å². The molecule has 0 aliphatic carbocycles. The maximum Gasteiger partial charge on any atom is 0.188 e. The maximum absolute atomic E-state index is 10.4. The minimum Gasteiger partial charge on any atom is -0.432 e. The van der Waals surface area contributed by atoms with Gasteiger partial charge in [0.1, 0.15) is 23.6 Å². The molecule has 0 atom stereocenters. The number of hydrogen-bond donors (Lipinski definition) is 2. The van der Waals surface area contributed by atoms with Gasteiger partial charge in [0.2, 0.25) is 0 Å². The second kappa shape index (κ2) is 5.65. The number of rotatable bonds is 4. The topological polar surface area (TPSA) is 100 Å². The Hall–Kier alpha value is -1.43. The van der Waals surface area contributed by atoms with Gasteiger partial charge in [-0.05, 0) is 46.9 Å². The second-order valence-electron chi connectivity index (χ2n) is 6.60. The summed E-state index contributed by atoms with van der Waals surface area (Å²) in [6.07, 6.45) is 2.78. The molecule has 3 N–H and O–H groups in total. The van der Waals surface area contributed by atoms with Gasteiger partial charge in [0, 0.05) is 5.56 Å². The van der Waals surface area contributed by atoms with E-state index in [0.29, 0.717) is 23.4 Å². The van der Waals surface area contributed by atoms with Crippen LogP contribution >= 0.6 is 15.9 Å². The number of fused-ring (bicyclic) bond motifs is 1. The second-order valence-corrected chi connectivity index (χ2v) is 11.9. The van der Waals surface area contributed by atoms with E-state index in [9.17, 15) is 10.1 Å². The lowest BCUT2D eigenvalue weighted by atomic mass is 10.0. The number of nitrogens with two attached hydrogens (primary N) is 1. The van der Waals surface area contributed by atoms with Gasteiger partial charge in [0.05, 0.1) is 4.47 Å². The quantitative estimate of drug-likeness (QED) is 0.792. The van der Waals surface area contributed by atoms with Gasteiger partial charge in [-0.25, -0.2) is 9.50 Å². The summed E-state index contributed by atoms with van der Waals surface area (Å²) in [6, 6.07) is 2.20. The molecule has 118 valence electrons. The monoisotopic (exact) mass is 381 g/mol. The highest BCUT2D eigenvalue weighted by Crippen LogP contribution is 2.41. The number of anilines is 1. The van der Waals surface area contributed by atoms with Gasteiger partial charge in [-0.15, -0.1) is 0 Å². The number of hydrogen-bond acceptors (Lipinski definition) is 5. The van der Waals surface area contributed by atoms with Crippen LogP contribution in [-0.2, 0) is 6.42 Å². The molecule has 2 aromatic rings. The molecule has 0 unspecified atom stereocenters. The molecule has 8 heteroatoms. The summed E-state index contributed by atoms with van der Waals surface area (Å²) >= 11 is 3.53. The van der Waals surface area contributed by atoms with E-state index >= 15 is 0 Å². The van der Waals surface area contributed by atoms with Crippen LogP contribution in [0.1, 0.15) is 31.5 Å². The third-order valence-electron chi connectivity index (χ3n) is 4.55. The lowest BCUT2D eigenvalue weighted by molar-refractivity contribution is 0.451. The average molecular weight is 382 g/mol. The lowest BCUT2D eigenvalue weighted by Gasteiger charge is -2.35. The number of nitriles is 1. The van der Waals surface area contributed by atoms with Gasteiger partial charge in [-0.1, -0.05) is 13.8 Å². The minimum atomic E-state index is -2.29. The van der Waals surface area contributed by atoms with Crippen LogP contribution in [0.3, 0.4) is 0 Å². The van der Waals surface area contributed by atoms with Crippen molar-refractivity contribution in [1.82, 2.24) is 14.6 Å². The first-order valence-corrected chi connectivity index (χ1v) is 10.8. The van der Waals surface area contributed by atoms with Crippen LogP contribution in [-0.4, -0.2) is 27.7 Å². The molecule has 0 aromatic carbocycles. The number of halogens is 1. The van der Waals surface area contributed by atoms with E-state index in [0.717, 1.165) is 16.5 Å². The number of aromatic nitrogens is 3. The van der Waals surface area contributed by atoms with Gasteiger partial charge in [-0.2, -0.15) is 10.4 Å². The Balaban J connectivity index is 2.47. The van der Waals surface area contributed by atoms with Crippen LogP contribution in [0.2, 0.25) is 18.1 Å². The Bertz CT molecular complexity index is 757. The van der Waals surface area contributed by atoms with Crippen molar-refractivity contribution in [2.45, 2.75) is 44.8 Å². The van der Waals surface area contributed by atoms with Crippen molar-refractivity contribution in [3.8, 4) is 6.07 Å². The van der Waals surface area contributed by atoms with Gasteiger partial charge in [-0.3, -0.25) is 0 Å². The Labute approximate surface area is 139 Å². The molecule has 22 heavy (non-hydrogen) atoms. The largest absolute Gasteiger partial charge is 0.432 e. The predicted octanol–water partition coefficient (Wildman–Crippen LogP) is 2.86. The molecule has 2 rings (SSSR count). The number of nitrogens with zero attached hydrogens (tertiary/aromatic N) is 4. The molecule has 0 aliphatic rings. The molecule has 0 fully saturated rings. The van der Waals surface area contributed by atoms with Crippen LogP contribution in [0, 0.1) is 11.3 Å². The fourth-order valence-electron chi connectivity index (χ4n) is 2.20.